The van der Waals surface area contributed by atoms with Crippen LogP contribution in [0.5, 0.6) is 0 Å². The molecule has 0 saturated carbocycles. The van der Waals surface area contributed by atoms with Crippen molar-refractivity contribution < 1.29 is 0 Å². The minimum atomic E-state index is 0.598. The number of rotatable bonds is 6. The number of nitrogens with one attached hydrogen (secondary N) is 2. The normalized spacial score (nSPS) is 11.8. The summed E-state index contributed by atoms with van der Waals surface area (Å²) in [4.78, 5) is 18.3. The quantitative estimate of drug-likeness (QED) is 0.509. The molecule has 0 fully saturated rings. The molecule has 122 valence electrons. The Kier molecular flexibility index (Phi) is 3.98. The molecule has 0 bridgehead atoms. The molecule has 2 aromatic heterocycles. The summed E-state index contributed by atoms with van der Waals surface area (Å²) in [6, 6.07) is 16.1. The van der Waals surface area contributed by atoms with E-state index in [1.165, 1.54) is 0 Å². The fourth-order valence-corrected chi connectivity index (χ4v) is 2.98. The van der Waals surface area contributed by atoms with Gasteiger partial charge in [-0.05, 0) is 24.3 Å². The number of imidazole rings is 2. The molecule has 0 radical (unpaired) electrons. The van der Waals surface area contributed by atoms with Gasteiger partial charge < -0.3 is 15.7 Å². The lowest BCUT2D eigenvalue weighted by atomic mass is 10.3. The third-order valence-corrected chi connectivity index (χ3v) is 4.07. The van der Waals surface area contributed by atoms with Crippen LogP contribution in [-0.2, 0) is 13.1 Å². The van der Waals surface area contributed by atoms with Gasteiger partial charge >= 0.3 is 0 Å². The van der Waals surface area contributed by atoms with Gasteiger partial charge in [-0.15, -0.1) is 0 Å². The summed E-state index contributed by atoms with van der Waals surface area (Å²) in [6.07, 6.45) is 0. The van der Waals surface area contributed by atoms with Gasteiger partial charge in [0.15, 0.2) is 0 Å². The number of benzene rings is 2. The SMILES string of the molecule is NCCN(Cc1nc2ccccc2[nH]1)Cc1nc2ccccc2[nH]1. The van der Waals surface area contributed by atoms with E-state index in [4.69, 9.17) is 5.73 Å². The summed E-state index contributed by atoms with van der Waals surface area (Å²) >= 11 is 0. The molecule has 0 aliphatic rings. The number of aromatic amines is 2. The summed E-state index contributed by atoms with van der Waals surface area (Å²) in [7, 11) is 0. The molecular formula is C18H20N6. The Morgan fingerprint density at radius 3 is 1.75 bits per heavy atom. The van der Waals surface area contributed by atoms with Crippen molar-refractivity contribution in [2.24, 2.45) is 5.73 Å². The van der Waals surface area contributed by atoms with E-state index in [0.29, 0.717) is 19.6 Å². The van der Waals surface area contributed by atoms with Crippen LogP contribution in [0.3, 0.4) is 0 Å². The van der Waals surface area contributed by atoms with E-state index in [0.717, 1.165) is 40.3 Å². The molecule has 4 N–H and O–H groups in total. The smallest absolute Gasteiger partial charge is 0.121 e. The van der Waals surface area contributed by atoms with Gasteiger partial charge in [-0.3, -0.25) is 4.90 Å². The molecule has 2 heterocycles. The second kappa shape index (κ2) is 6.43. The largest absolute Gasteiger partial charge is 0.341 e. The number of aromatic nitrogens is 4. The zero-order valence-corrected chi connectivity index (χ0v) is 13.4. The van der Waals surface area contributed by atoms with Gasteiger partial charge in [0.1, 0.15) is 11.6 Å². The molecule has 24 heavy (non-hydrogen) atoms. The molecule has 0 saturated heterocycles. The van der Waals surface area contributed by atoms with Crippen molar-refractivity contribution in [1.82, 2.24) is 24.8 Å². The Balaban J connectivity index is 1.54. The average molecular weight is 320 g/mol. The lowest BCUT2D eigenvalue weighted by molar-refractivity contribution is 0.253. The van der Waals surface area contributed by atoms with Crippen molar-refractivity contribution in [3.63, 3.8) is 0 Å². The highest BCUT2D eigenvalue weighted by molar-refractivity contribution is 5.75. The van der Waals surface area contributed by atoms with Crippen molar-refractivity contribution in [2.45, 2.75) is 13.1 Å². The molecule has 0 aliphatic carbocycles. The minimum absolute atomic E-state index is 0.598. The number of H-pyrrole nitrogens is 2. The van der Waals surface area contributed by atoms with Gasteiger partial charge in [0.25, 0.3) is 0 Å². The van der Waals surface area contributed by atoms with Crippen LogP contribution in [0, 0.1) is 0 Å². The first-order valence-corrected chi connectivity index (χ1v) is 8.11. The number of fused-ring (bicyclic) bond motifs is 2. The highest BCUT2D eigenvalue weighted by Crippen LogP contribution is 2.14. The van der Waals surface area contributed by atoms with E-state index >= 15 is 0 Å². The summed E-state index contributed by atoms with van der Waals surface area (Å²) in [5.41, 5.74) is 9.88. The van der Waals surface area contributed by atoms with Gasteiger partial charge in [0.05, 0.1) is 35.2 Å². The highest BCUT2D eigenvalue weighted by atomic mass is 15.2. The minimum Gasteiger partial charge on any atom is -0.341 e. The van der Waals surface area contributed by atoms with Crippen molar-refractivity contribution in [1.29, 1.82) is 0 Å². The first kappa shape index (κ1) is 14.9. The summed E-state index contributed by atoms with van der Waals surface area (Å²) in [6.45, 7) is 2.81. The van der Waals surface area contributed by atoms with Gasteiger partial charge in [-0.2, -0.15) is 0 Å². The molecule has 2 aromatic carbocycles. The standard InChI is InChI=1S/C18H20N6/c19-9-10-24(11-17-20-13-5-1-2-6-14(13)21-17)12-18-22-15-7-3-4-8-16(15)23-18/h1-8H,9-12,19H2,(H,20,21)(H,22,23). The number of nitrogens with two attached hydrogens (primary N) is 1. The molecular weight excluding hydrogens is 300 g/mol. The molecule has 6 heteroatoms. The van der Waals surface area contributed by atoms with Crippen LogP contribution in [0.25, 0.3) is 22.1 Å². The Morgan fingerprint density at radius 1 is 0.792 bits per heavy atom. The summed E-state index contributed by atoms with van der Waals surface area (Å²) in [5, 5.41) is 0. The maximum Gasteiger partial charge on any atom is 0.121 e. The molecule has 0 unspecified atom stereocenters. The van der Waals surface area contributed by atoms with E-state index < -0.39 is 0 Å². The predicted octanol–water partition coefficient (Wildman–Crippen LogP) is 2.40. The van der Waals surface area contributed by atoms with Crippen molar-refractivity contribution in [2.75, 3.05) is 13.1 Å². The molecule has 4 aromatic rings. The van der Waals surface area contributed by atoms with Crippen molar-refractivity contribution >= 4 is 22.1 Å². The van der Waals surface area contributed by atoms with Crippen LogP contribution in [-0.4, -0.2) is 37.9 Å². The van der Waals surface area contributed by atoms with E-state index in [1.54, 1.807) is 0 Å². The molecule has 0 atom stereocenters. The number of nitrogens with zero attached hydrogens (tertiary/aromatic N) is 3. The van der Waals surface area contributed by atoms with Crippen LogP contribution in [0.4, 0.5) is 0 Å². The number of para-hydroxylation sites is 4. The number of hydrogen-bond donors (Lipinski definition) is 3. The van der Waals surface area contributed by atoms with Crippen LogP contribution >= 0.6 is 0 Å². The third kappa shape index (κ3) is 3.02. The Bertz CT molecular complexity index is 812. The van der Waals surface area contributed by atoms with Crippen LogP contribution in [0.15, 0.2) is 48.5 Å². The lowest BCUT2D eigenvalue weighted by Gasteiger charge is -2.18. The first-order chi connectivity index (χ1) is 11.8. The second-order valence-corrected chi connectivity index (χ2v) is 5.90. The fraction of sp³-hybridized carbons (Fsp3) is 0.222. The monoisotopic (exact) mass is 320 g/mol. The fourth-order valence-electron chi connectivity index (χ4n) is 2.98. The first-order valence-electron chi connectivity index (χ1n) is 8.11. The number of hydrogen-bond acceptors (Lipinski definition) is 4. The van der Waals surface area contributed by atoms with E-state index in [9.17, 15) is 0 Å². The lowest BCUT2D eigenvalue weighted by Crippen LogP contribution is -2.29. The molecule has 4 rings (SSSR count). The predicted molar refractivity (Wildman–Crippen MR) is 95.4 cm³/mol. The second-order valence-electron chi connectivity index (χ2n) is 5.90. The summed E-state index contributed by atoms with van der Waals surface area (Å²) < 4.78 is 0. The Labute approximate surface area is 139 Å². The van der Waals surface area contributed by atoms with E-state index in [1.807, 2.05) is 48.5 Å². The van der Waals surface area contributed by atoms with Crippen molar-refractivity contribution in [3.05, 3.63) is 60.2 Å². The molecule has 0 amide bonds. The highest BCUT2D eigenvalue weighted by Gasteiger charge is 2.12. The molecule has 6 nitrogen and oxygen atoms in total. The zero-order valence-electron chi connectivity index (χ0n) is 13.4. The van der Waals surface area contributed by atoms with Crippen LogP contribution < -0.4 is 5.73 Å². The Hall–Kier alpha value is -2.70. The third-order valence-electron chi connectivity index (χ3n) is 4.07. The van der Waals surface area contributed by atoms with Gasteiger partial charge in [0.2, 0.25) is 0 Å². The van der Waals surface area contributed by atoms with Gasteiger partial charge in [-0.25, -0.2) is 9.97 Å². The van der Waals surface area contributed by atoms with Crippen LogP contribution in [0.1, 0.15) is 11.6 Å². The maximum absolute atomic E-state index is 5.78. The summed E-state index contributed by atoms with van der Waals surface area (Å²) in [5.74, 6) is 1.89. The van der Waals surface area contributed by atoms with Gasteiger partial charge in [-0.1, -0.05) is 24.3 Å². The van der Waals surface area contributed by atoms with Crippen LogP contribution in [0.2, 0.25) is 0 Å². The topological polar surface area (TPSA) is 86.6 Å². The zero-order chi connectivity index (χ0) is 16.4. The van der Waals surface area contributed by atoms with Crippen molar-refractivity contribution in [3.8, 4) is 0 Å². The molecule has 0 aliphatic heterocycles. The van der Waals surface area contributed by atoms with E-state index in [2.05, 4.69) is 24.8 Å². The maximum atomic E-state index is 5.78. The molecule has 0 spiro atoms. The average Bonchev–Trinajstić information content (AvgIpc) is 3.17. The van der Waals surface area contributed by atoms with E-state index in [-0.39, 0.29) is 0 Å². The van der Waals surface area contributed by atoms with Gasteiger partial charge in [0, 0.05) is 13.1 Å². The Morgan fingerprint density at radius 2 is 1.29 bits per heavy atom.